The lowest BCUT2D eigenvalue weighted by Crippen LogP contribution is -2.29. The number of esters is 1. The summed E-state index contributed by atoms with van der Waals surface area (Å²) in [7, 11) is 1.57. The summed E-state index contributed by atoms with van der Waals surface area (Å²) >= 11 is 0. The normalized spacial score (nSPS) is 16.4. The smallest absolute Gasteiger partial charge is 0.338 e. The first-order chi connectivity index (χ1) is 19.1. The first kappa shape index (κ1) is 28.4. The van der Waals surface area contributed by atoms with Crippen LogP contribution in [0.3, 0.4) is 0 Å². The Kier molecular flexibility index (Phi) is 8.28. The Bertz CT molecular complexity index is 1470. The van der Waals surface area contributed by atoms with Gasteiger partial charge in [0.1, 0.15) is 17.3 Å². The van der Waals surface area contributed by atoms with E-state index in [9.17, 15) is 24.6 Å². The van der Waals surface area contributed by atoms with Crippen LogP contribution in [0.4, 0.5) is 5.69 Å². The summed E-state index contributed by atoms with van der Waals surface area (Å²) in [5, 5.41) is 21.5. The number of phenolic OH excluding ortho intramolecular Hbond substituents is 1. The second-order valence-corrected chi connectivity index (χ2v) is 10.0. The number of carbonyl (C=O) groups excluding carboxylic acids is 3. The summed E-state index contributed by atoms with van der Waals surface area (Å²) in [6, 6.07) is 14.9. The van der Waals surface area contributed by atoms with Crippen molar-refractivity contribution < 1.29 is 34.1 Å². The van der Waals surface area contributed by atoms with Gasteiger partial charge in [0.2, 0.25) is 0 Å². The summed E-state index contributed by atoms with van der Waals surface area (Å²) in [5.41, 5.74) is 3.04. The number of Topliss-reactive ketones (excluding diaryl/α,β-unsaturated/α-hetero) is 1. The fourth-order valence-corrected chi connectivity index (χ4v) is 4.83. The standard InChI is InChI=1S/C32H33NO7/c1-6-15-40-32(38)21-7-11-22(12-8-21)33-28(20-9-13-23(34)14-10-20)27(30(36)31(33)37)29(35)25-17-24(18(2)3)26(39-5)16-19(25)4/h7-14,16-18,28,34-35H,6,15H2,1-5H3/b29-27+. The van der Waals surface area contributed by atoms with Crippen molar-refractivity contribution in [3.63, 3.8) is 0 Å². The van der Waals surface area contributed by atoms with Crippen molar-refractivity contribution in [1.82, 2.24) is 0 Å². The quantitative estimate of drug-likeness (QED) is 0.154. The Morgan fingerprint density at radius 3 is 2.25 bits per heavy atom. The minimum Gasteiger partial charge on any atom is -0.508 e. The highest BCUT2D eigenvalue weighted by Gasteiger charge is 2.47. The van der Waals surface area contributed by atoms with Gasteiger partial charge >= 0.3 is 5.97 Å². The molecule has 3 aromatic rings. The van der Waals surface area contributed by atoms with Crippen molar-refractivity contribution in [3.05, 3.63) is 94.1 Å². The van der Waals surface area contributed by atoms with E-state index in [1.54, 1.807) is 50.4 Å². The summed E-state index contributed by atoms with van der Waals surface area (Å²) in [6.07, 6.45) is 0.688. The van der Waals surface area contributed by atoms with E-state index in [1.807, 2.05) is 20.8 Å². The number of hydrogen-bond donors (Lipinski definition) is 2. The number of aryl methyl sites for hydroxylation is 1. The van der Waals surface area contributed by atoms with E-state index in [0.717, 1.165) is 5.56 Å². The van der Waals surface area contributed by atoms with Crippen molar-refractivity contribution in [3.8, 4) is 11.5 Å². The second kappa shape index (κ2) is 11.7. The van der Waals surface area contributed by atoms with Crippen molar-refractivity contribution in [1.29, 1.82) is 0 Å². The van der Waals surface area contributed by atoms with Gasteiger partial charge in [-0.15, -0.1) is 0 Å². The molecule has 0 radical (unpaired) electrons. The number of amides is 1. The Morgan fingerprint density at radius 1 is 1.02 bits per heavy atom. The second-order valence-electron chi connectivity index (χ2n) is 10.0. The monoisotopic (exact) mass is 543 g/mol. The highest BCUT2D eigenvalue weighted by Crippen LogP contribution is 2.43. The number of rotatable bonds is 8. The molecule has 1 fully saturated rings. The number of nitrogens with zero attached hydrogens (tertiary/aromatic N) is 1. The van der Waals surface area contributed by atoms with Crippen LogP contribution in [0.25, 0.3) is 5.76 Å². The number of benzene rings is 3. The molecular weight excluding hydrogens is 510 g/mol. The Balaban J connectivity index is 1.88. The SMILES string of the molecule is CCCOC(=O)c1ccc(N2C(=O)C(=O)/C(=C(/O)c3cc(C(C)C)c(OC)cc3C)C2c2ccc(O)cc2)cc1. The van der Waals surface area contributed by atoms with E-state index in [4.69, 9.17) is 9.47 Å². The molecule has 0 bridgehead atoms. The van der Waals surface area contributed by atoms with E-state index in [0.29, 0.717) is 46.7 Å². The molecule has 1 aliphatic rings. The van der Waals surface area contributed by atoms with Gasteiger partial charge in [0.05, 0.1) is 30.9 Å². The molecule has 8 heteroatoms. The third kappa shape index (κ3) is 5.30. The third-order valence-corrected chi connectivity index (χ3v) is 6.93. The van der Waals surface area contributed by atoms with Gasteiger partial charge < -0.3 is 19.7 Å². The van der Waals surface area contributed by atoms with Gasteiger partial charge in [0, 0.05) is 11.3 Å². The number of carbonyl (C=O) groups is 3. The first-order valence-corrected chi connectivity index (χ1v) is 13.1. The highest BCUT2D eigenvalue weighted by atomic mass is 16.5. The molecule has 40 heavy (non-hydrogen) atoms. The largest absolute Gasteiger partial charge is 0.508 e. The number of ether oxygens (including phenoxy) is 2. The molecule has 0 spiro atoms. The van der Waals surface area contributed by atoms with E-state index >= 15 is 0 Å². The van der Waals surface area contributed by atoms with Crippen LogP contribution in [0.2, 0.25) is 0 Å². The van der Waals surface area contributed by atoms with E-state index in [2.05, 4.69) is 0 Å². The number of ketones is 1. The summed E-state index contributed by atoms with van der Waals surface area (Å²) < 4.78 is 10.7. The molecule has 3 aromatic carbocycles. The third-order valence-electron chi connectivity index (χ3n) is 6.93. The molecule has 1 saturated heterocycles. The predicted octanol–water partition coefficient (Wildman–Crippen LogP) is 6.03. The minimum absolute atomic E-state index is 0.0169. The molecule has 208 valence electrons. The average Bonchev–Trinajstić information content (AvgIpc) is 3.21. The summed E-state index contributed by atoms with van der Waals surface area (Å²) in [4.78, 5) is 40.6. The Labute approximate surface area is 233 Å². The van der Waals surface area contributed by atoms with Gasteiger partial charge in [-0.25, -0.2) is 4.79 Å². The van der Waals surface area contributed by atoms with Gasteiger partial charge in [-0.1, -0.05) is 32.9 Å². The zero-order valence-corrected chi connectivity index (χ0v) is 23.2. The van der Waals surface area contributed by atoms with E-state index in [-0.39, 0.29) is 23.0 Å². The molecule has 0 saturated carbocycles. The molecular formula is C32H33NO7. The van der Waals surface area contributed by atoms with Crippen LogP contribution in [0, 0.1) is 6.92 Å². The number of methoxy groups -OCH3 is 1. The first-order valence-electron chi connectivity index (χ1n) is 13.1. The van der Waals surface area contributed by atoms with Gasteiger partial charge in [0.15, 0.2) is 0 Å². The van der Waals surface area contributed by atoms with E-state index in [1.165, 1.54) is 29.2 Å². The van der Waals surface area contributed by atoms with Crippen LogP contribution < -0.4 is 9.64 Å². The van der Waals surface area contributed by atoms with Gasteiger partial charge in [-0.3, -0.25) is 14.5 Å². The number of anilines is 1. The van der Waals surface area contributed by atoms with Crippen LogP contribution in [0.1, 0.15) is 71.8 Å². The molecule has 0 aliphatic carbocycles. The van der Waals surface area contributed by atoms with Crippen molar-refractivity contribution in [2.75, 3.05) is 18.6 Å². The van der Waals surface area contributed by atoms with Crippen LogP contribution in [0.15, 0.2) is 66.2 Å². The average molecular weight is 544 g/mol. The van der Waals surface area contributed by atoms with Crippen LogP contribution >= 0.6 is 0 Å². The number of hydrogen-bond acceptors (Lipinski definition) is 7. The zero-order chi connectivity index (χ0) is 29.1. The molecule has 1 aliphatic heterocycles. The maximum absolute atomic E-state index is 13.5. The summed E-state index contributed by atoms with van der Waals surface area (Å²) in [6.45, 7) is 7.97. The van der Waals surface area contributed by atoms with Crippen LogP contribution in [-0.4, -0.2) is 41.6 Å². The molecule has 4 rings (SSSR count). The summed E-state index contributed by atoms with van der Waals surface area (Å²) in [5.74, 6) is -1.71. The predicted molar refractivity (Wildman–Crippen MR) is 152 cm³/mol. The maximum Gasteiger partial charge on any atom is 0.338 e. The zero-order valence-electron chi connectivity index (χ0n) is 23.2. The Hall–Kier alpha value is -4.59. The molecule has 2 N–H and O–H groups in total. The van der Waals surface area contributed by atoms with Gasteiger partial charge in [-0.2, -0.15) is 0 Å². The van der Waals surface area contributed by atoms with Gasteiger partial charge in [-0.05, 0) is 84.5 Å². The lowest BCUT2D eigenvalue weighted by molar-refractivity contribution is -0.132. The molecule has 1 unspecified atom stereocenters. The maximum atomic E-state index is 13.5. The topological polar surface area (TPSA) is 113 Å². The molecule has 0 aromatic heterocycles. The Morgan fingerprint density at radius 2 is 1.68 bits per heavy atom. The van der Waals surface area contributed by atoms with E-state index < -0.39 is 23.7 Å². The fourth-order valence-electron chi connectivity index (χ4n) is 4.83. The molecule has 8 nitrogen and oxygen atoms in total. The van der Waals surface area contributed by atoms with Crippen molar-refractivity contribution in [2.24, 2.45) is 0 Å². The van der Waals surface area contributed by atoms with Crippen LogP contribution in [-0.2, 0) is 14.3 Å². The van der Waals surface area contributed by atoms with Gasteiger partial charge in [0.25, 0.3) is 11.7 Å². The lowest BCUT2D eigenvalue weighted by atomic mass is 9.91. The minimum atomic E-state index is -0.984. The lowest BCUT2D eigenvalue weighted by Gasteiger charge is -2.26. The molecule has 1 atom stereocenters. The highest BCUT2D eigenvalue weighted by molar-refractivity contribution is 6.51. The fraction of sp³-hybridized carbons (Fsp3) is 0.281. The van der Waals surface area contributed by atoms with Crippen LogP contribution in [0.5, 0.6) is 11.5 Å². The van der Waals surface area contributed by atoms with Crippen molar-refractivity contribution in [2.45, 2.75) is 46.1 Å². The molecule has 1 heterocycles. The molecule has 1 amide bonds. The number of phenols is 1. The number of aliphatic hydroxyl groups is 1. The van der Waals surface area contributed by atoms with Crippen molar-refractivity contribution >= 4 is 29.1 Å². The number of aromatic hydroxyl groups is 1. The number of aliphatic hydroxyl groups excluding tert-OH is 1.